The van der Waals surface area contributed by atoms with Gasteiger partial charge in [-0.15, -0.1) is 0 Å². The number of carbonyl (C=O) groups excluding carboxylic acids is 1. The number of pyridine rings is 1. The molecular weight excluding hydrogens is 530 g/mol. The van der Waals surface area contributed by atoms with Gasteiger partial charge in [-0.25, -0.2) is 4.39 Å². The van der Waals surface area contributed by atoms with Crippen molar-refractivity contribution in [3.05, 3.63) is 58.2 Å². The summed E-state index contributed by atoms with van der Waals surface area (Å²) in [5, 5.41) is 0.440. The van der Waals surface area contributed by atoms with Gasteiger partial charge in [0.15, 0.2) is 0 Å². The van der Waals surface area contributed by atoms with E-state index < -0.39 is 23.5 Å². The quantitative estimate of drug-likeness (QED) is 0.254. The van der Waals surface area contributed by atoms with Gasteiger partial charge in [-0.1, -0.05) is 0 Å². The van der Waals surface area contributed by atoms with Crippen molar-refractivity contribution in [1.82, 2.24) is 14.6 Å². The number of hydrogen-bond acceptors (Lipinski definition) is 5. The molecule has 0 spiro atoms. The van der Waals surface area contributed by atoms with Crippen LogP contribution >= 0.6 is 11.9 Å². The highest BCUT2D eigenvalue weighted by Crippen LogP contribution is 2.45. The Morgan fingerprint density at radius 1 is 1.00 bits per heavy atom. The van der Waals surface area contributed by atoms with Crippen molar-refractivity contribution < 1.29 is 27.1 Å². The molecule has 2 aromatic rings. The Balaban J connectivity index is 1.04. The van der Waals surface area contributed by atoms with Gasteiger partial charge in [0.25, 0.3) is 5.91 Å². The maximum Gasteiger partial charge on any atom is 0.416 e. The molecule has 39 heavy (non-hydrogen) atoms. The Morgan fingerprint density at radius 3 is 2.36 bits per heavy atom. The maximum atomic E-state index is 14.9. The van der Waals surface area contributed by atoms with Crippen LogP contribution in [0, 0.1) is 11.7 Å². The number of hydrogen-bond donors (Lipinski definition) is 1. The zero-order chi connectivity index (χ0) is 27.1. The first kappa shape index (κ1) is 26.9. The van der Waals surface area contributed by atoms with Gasteiger partial charge in [-0.2, -0.15) is 13.2 Å². The molecule has 1 saturated heterocycles. The highest BCUT2D eigenvalue weighted by molar-refractivity contribution is 7.98. The number of rotatable bonds is 10. The van der Waals surface area contributed by atoms with Gasteiger partial charge < -0.3 is 4.74 Å². The standard InChI is InChI=1S/C29H33F4N3O2S/c30-25-14-27(23(18-1-2-18)13-24(25)28(37)35-39-22-5-6-22)38-16-17-7-9-36(10-8-17)15-21-11-20(29(31,32)33)12-26(34-21)19-3-4-19/h11-14,17-19,22H,1-10,15-16H2,(H,35,37). The maximum absolute atomic E-state index is 14.9. The zero-order valence-electron chi connectivity index (χ0n) is 21.7. The molecule has 6 rings (SSSR count). The molecule has 1 N–H and O–H groups in total. The van der Waals surface area contributed by atoms with E-state index in [4.69, 9.17) is 4.74 Å². The third-order valence-corrected chi connectivity index (χ3v) is 9.10. The zero-order valence-corrected chi connectivity index (χ0v) is 22.6. The highest BCUT2D eigenvalue weighted by Gasteiger charge is 2.35. The summed E-state index contributed by atoms with van der Waals surface area (Å²) < 4.78 is 64.0. The normalized spacial score (nSPS) is 20.7. The van der Waals surface area contributed by atoms with Crippen LogP contribution in [0.4, 0.5) is 17.6 Å². The summed E-state index contributed by atoms with van der Waals surface area (Å²) in [5.74, 6) is 0.271. The predicted molar refractivity (Wildman–Crippen MR) is 141 cm³/mol. The average Bonchev–Trinajstić information content (AvgIpc) is 3.76. The third-order valence-electron chi connectivity index (χ3n) is 7.99. The van der Waals surface area contributed by atoms with E-state index >= 15 is 0 Å². The second-order valence-corrected chi connectivity index (χ2v) is 12.6. The number of nitrogens with zero attached hydrogens (tertiary/aromatic N) is 2. The summed E-state index contributed by atoms with van der Waals surface area (Å²) in [6, 6.07) is 5.40. The molecular formula is C29H33F4N3O2S. The van der Waals surface area contributed by atoms with Crippen molar-refractivity contribution in [1.29, 1.82) is 0 Å². The number of aromatic nitrogens is 1. The molecule has 1 aromatic heterocycles. The number of amides is 1. The van der Waals surface area contributed by atoms with E-state index in [1.165, 1.54) is 30.1 Å². The summed E-state index contributed by atoms with van der Waals surface area (Å²) in [6.45, 7) is 2.33. The molecule has 210 valence electrons. The first-order chi connectivity index (χ1) is 18.7. The number of alkyl halides is 3. The van der Waals surface area contributed by atoms with Crippen LogP contribution in [0.2, 0.25) is 0 Å². The van der Waals surface area contributed by atoms with Gasteiger partial charge in [-0.05, 0) is 112 Å². The fraction of sp³-hybridized carbons (Fsp3) is 0.586. The van der Waals surface area contributed by atoms with Gasteiger partial charge in [-0.3, -0.25) is 19.4 Å². The van der Waals surface area contributed by atoms with Crippen LogP contribution in [0.15, 0.2) is 24.3 Å². The van der Waals surface area contributed by atoms with Crippen LogP contribution < -0.4 is 9.46 Å². The van der Waals surface area contributed by atoms with E-state index in [2.05, 4.69) is 14.6 Å². The molecule has 3 aliphatic carbocycles. The molecule has 2 heterocycles. The second-order valence-electron chi connectivity index (χ2n) is 11.5. The van der Waals surface area contributed by atoms with E-state index in [1.807, 2.05) is 0 Å². The molecule has 1 aromatic carbocycles. The van der Waals surface area contributed by atoms with Crippen molar-refractivity contribution in [2.24, 2.45) is 5.92 Å². The topological polar surface area (TPSA) is 54.5 Å². The van der Waals surface area contributed by atoms with Crippen LogP contribution in [0.3, 0.4) is 0 Å². The second kappa shape index (κ2) is 10.9. The lowest BCUT2D eigenvalue weighted by molar-refractivity contribution is -0.137. The van der Waals surface area contributed by atoms with Gasteiger partial charge >= 0.3 is 6.18 Å². The van der Waals surface area contributed by atoms with E-state index in [1.54, 1.807) is 6.07 Å². The number of piperidine rings is 1. The first-order valence-corrected chi connectivity index (χ1v) is 14.8. The molecule has 4 aliphatic rings. The largest absolute Gasteiger partial charge is 0.493 e. The minimum atomic E-state index is -4.37. The van der Waals surface area contributed by atoms with Crippen molar-refractivity contribution in [2.75, 3.05) is 19.7 Å². The summed E-state index contributed by atoms with van der Waals surface area (Å²) >= 11 is 1.37. The van der Waals surface area contributed by atoms with Crippen molar-refractivity contribution in [3.8, 4) is 5.75 Å². The van der Waals surface area contributed by atoms with Gasteiger partial charge in [0, 0.05) is 29.5 Å². The molecule has 5 nitrogen and oxygen atoms in total. The van der Waals surface area contributed by atoms with E-state index in [0.717, 1.165) is 70.0 Å². The van der Waals surface area contributed by atoms with Gasteiger partial charge in [0.2, 0.25) is 0 Å². The minimum absolute atomic E-state index is 0.0683. The number of nitrogens with one attached hydrogen (secondary N) is 1. The molecule has 0 bridgehead atoms. The van der Waals surface area contributed by atoms with E-state index in [9.17, 15) is 22.4 Å². The van der Waals surface area contributed by atoms with Crippen LogP contribution in [-0.2, 0) is 12.7 Å². The van der Waals surface area contributed by atoms with Gasteiger partial charge in [0.05, 0.1) is 23.4 Å². The molecule has 4 fully saturated rings. The lowest BCUT2D eigenvalue weighted by atomic mass is 9.97. The van der Waals surface area contributed by atoms with Crippen LogP contribution in [-0.4, -0.2) is 40.7 Å². The fourth-order valence-corrected chi connectivity index (χ4v) is 5.91. The molecule has 10 heteroatoms. The number of likely N-dealkylation sites (tertiary alicyclic amines) is 1. The highest BCUT2D eigenvalue weighted by atomic mass is 32.2. The fourth-order valence-electron chi connectivity index (χ4n) is 5.15. The SMILES string of the molecule is O=C(NSC1CC1)c1cc(C2CC2)c(OCC2CCN(Cc3cc(C(F)(F)F)cc(C4CC4)n3)CC2)cc1F. The van der Waals surface area contributed by atoms with E-state index in [-0.39, 0.29) is 17.4 Å². The number of carbonyl (C=O) groups is 1. The Morgan fingerprint density at radius 2 is 1.72 bits per heavy atom. The molecule has 3 saturated carbocycles. The summed E-state index contributed by atoms with van der Waals surface area (Å²) in [7, 11) is 0. The first-order valence-electron chi connectivity index (χ1n) is 14.0. The van der Waals surface area contributed by atoms with Crippen molar-refractivity contribution >= 4 is 17.9 Å². The lowest BCUT2D eigenvalue weighted by Gasteiger charge is -2.32. The van der Waals surface area contributed by atoms with Gasteiger partial charge in [0.1, 0.15) is 11.6 Å². The van der Waals surface area contributed by atoms with E-state index in [0.29, 0.717) is 41.5 Å². The Kier molecular flexibility index (Phi) is 7.52. The molecule has 0 atom stereocenters. The molecule has 1 aliphatic heterocycles. The molecule has 1 amide bonds. The summed E-state index contributed by atoms with van der Waals surface area (Å²) in [6.07, 6.45) is 3.29. The third kappa shape index (κ3) is 6.88. The lowest BCUT2D eigenvalue weighted by Crippen LogP contribution is -2.35. The van der Waals surface area contributed by atoms with Crippen LogP contribution in [0.1, 0.15) is 96.1 Å². The summed E-state index contributed by atoms with van der Waals surface area (Å²) in [4.78, 5) is 19.2. The van der Waals surface area contributed by atoms with Crippen LogP contribution in [0.5, 0.6) is 5.75 Å². The predicted octanol–water partition coefficient (Wildman–Crippen LogP) is 6.83. The average molecular weight is 564 g/mol. The number of ether oxygens (including phenoxy) is 1. The minimum Gasteiger partial charge on any atom is -0.493 e. The Bertz CT molecular complexity index is 1220. The molecule has 0 radical (unpaired) electrons. The van der Waals surface area contributed by atoms with Crippen molar-refractivity contribution in [3.63, 3.8) is 0 Å². The monoisotopic (exact) mass is 563 g/mol. The molecule has 0 unspecified atom stereocenters. The Hall–Kier alpha value is -2.33. The number of halogens is 4. The van der Waals surface area contributed by atoms with Crippen LogP contribution in [0.25, 0.3) is 0 Å². The number of benzene rings is 1. The Labute approximate surface area is 230 Å². The summed E-state index contributed by atoms with van der Waals surface area (Å²) in [5.41, 5.74) is 1.40. The smallest absolute Gasteiger partial charge is 0.416 e. The van der Waals surface area contributed by atoms with Crippen molar-refractivity contribution in [2.45, 2.75) is 81.2 Å².